The van der Waals surface area contributed by atoms with Crippen molar-refractivity contribution in [2.45, 2.75) is 56.7 Å². The Morgan fingerprint density at radius 3 is 2.74 bits per heavy atom. The molecule has 0 aliphatic heterocycles. The van der Waals surface area contributed by atoms with Gasteiger partial charge in [-0.05, 0) is 39.2 Å². The summed E-state index contributed by atoms with van der Waals surface area (Å²) in [5.41, 5.74) is 0. The predicted octanol–water partition coefficient (Wildman–Crippen LogP) is 2.99. The van der Waals surface area contributed by atoms with Gasteiger partial charge in [-0.2, -0.15) is 0 Å². The lowest BCUT2D eigenvalue weighted by Gasteiger charge is -2.43. The minimum absolute atomic E-state index is 0.148. The molecule has 2 rings (SSSR count). The van der Waals surface area contributed by atoms with Crippen LogP contribution in [0.15, 0.2) is 24.3 Å². The van der Waals surface area contributed by atoms with Crippen LogP contribution in [0.1, 0.15) is 32.6 Å². The summed E-state index contributed by atoms with van der Waals surface area (Å²) in [6.45, 7) is 2.05. The van der Waals surface area contributed by atoms with E-state index in [4.69, 9.17) is 0 Å². The molecule has 0 saturated heterocycles. The second-order valence-electron chi connectivity index (χ2n) is 5.78. The van der Waals surface area contributed by atoms with Crippen molar-refractivity contribution in [3.8, 4) is 0 Å². The average Bonchev–Trinajstić information content (AvgIpc) is 2.41. The van der Waals surface area contributed by atoms with Gasteiger partial charge in [-0.25, -0.2) is 8.78 Å². The lowest BCUT2D eigenvalue weighted by atomic mass is 9.85. The Kier molecular flexibility index (Phi) is 4.41. The highest BCUT2D eigenvalue weighted by atomic mass is 19.3. The summed E-state index contributed by atoms with van der Waals surface area (Å²) < 4.78 is 27.2. The van der Waals surface area contributed by atoms with Crippen LogP contribution in [0.25, 0.3) is 0 Å². The minimum Gasteiger partial charge on any atom is -0.385 e. The van der Waals surface area contributed by atoms with Gasteiger partial charge in [-0.15, -0.1) is 0 Å². The number of likely N-dealkylation sites (N-methyl/N-ethyl adjacent to an activating group) is 1. The molecule has 1 N–H and O–H groups in total. The maximum absolute atomic E-state index is 13.6. The molecule has 4 atom stereocenters. The van der Waals surface area contributed by atoms with Crippen LogP contribution in [0.3, 0.4) is 0 Å². The van der Waals surface area contributed by atoms with Crippen LogP contribution >= 0.6 is 0 Å². The second-order valence-corrected chi connectivity index (χ2v) is 5.78. The van der Waals surface area contributed by atoms with Crippen LogP contribution < -0.4 is 0 Å². The molecule has 0 aromatic carbocycles. The highest BCUT2D eigenvalue weighted by Crippen LogP contribution is 2.37. The average molecular weight is 271 g/mol. The van der Waals surface area contributed by atoms with Crippen LogP contribution in [0.5, 0.6) is 0 Å². The van der Waals surface area contributed by atoms with Gasteiger partial charge in [0.05, 0.1) is 0 Å². The Hall–Kier alpha value is -0.740. The van der Waals surface area contributed by atoms with Gasteiger partial charge in [0.1, 0.15) is 6.10 Å². The number of halogens is 2. The lowest BCUT2D eigenvalue weighted by Crippen LogP contribution is -2.56. The molecular formula is C15H23F2NO. The Morgan fingerprint density at radius 1 is 1.37 bits per heavy atom. The van der Waals surface area contributed by atoms with Gasteiger partial charge in [0.15, 0.2) is 0 Å². The van der Waals surface area contributed by atoms with Gasteiger partial charge in [0.25, 0.3) is 5.92 Å². The third-order valence-corrected chi connectivity index (χ3v) is 4.61. The van der Waals surface area contributed by atoms with E-state index in [1.165, 1.54) is 0 Å². The van der Waals surface area contributed by atoms with Crippen molar-refractivity contribution in [1.82, 2.24) is 4.90 Å². The van der Waals surface area contributed by atoms with Crippen LogP contribution in [0, 0.1) is 5.92 Å². The molecule has 2 nitrogen and oxygen atoms in total. The molecule has 1 saturated carbocycles. The molecule has 2 aliphatic carbocycles. The van der Waals surface area contributed by atoms with E-state index < -0.39 is 18.1 Å². The molecule has 0 aromatic heterocycles. The Bertz CT molecular complexity index is 367. The largest absolute Gasteiger partial charge is 0.385 e. The fourth-order valence-corrected chi connectivity index (χ4v) is 3.12. The number of aliphatic hydroxyl groups is 1. The molecule has 1 fully saturated rings. The SMILES string of the molecule is CC(C1C=CC=CC1)N(C)C1CCCC(F)(F)C1O. The predicted molar refractivity (Wildman–Crippen MR) is 72.2 cm³/mol. The maximum atomic E-state index is 13.6. The van der Waals surface area contributed by atoms with Gasteiger partial charge >= 0.3 is 0 Å². The number of allylic oxidation sites excluding steroid dienone is 3. The summed E-state index contributed by atoms with van der Waals surface area (Å²) in [5, 5.41) is 9.89. The van der Waals surface area contributed by atoms with Gasteiger partial charge in [0, 0.05) is 18.5 Å². The second kappa shape index (κ2) is 5.71. The van der Waals surface area contributed by atoms with Crippen molar-refractivity contribution in [1.29, 1.82) is 0 Å². The van der Waals surface area contributed by atoms with Gasteiger partial charge in [0.2, 0.25) is 0 Å². The molecular weight excluding hydrogens is 248 g/mol. The summed E-state index contributed by atoms with van der Waals surface area (Å²) in [6, 6.07) is -0.298. The number of nitrogens with zero attached hydrogens (tertiary/aromatic N) is 1. The van der Waals surface area contributed by atoms with E-state index in [0.29, 0.717) is 18.8 Å². The molecule has 0 bridgehead atoms. The van der Waals surface area contributed by atoms with Crippen molar-refractivity contribution in [3.63, 3.8) is 0 Å². The Morgan fingerprint density at radius 2 is 2.11 bits per heavy atom. The monoisotopic (exact) mass is 271 g/mol. The molecule has 0 aromatic rings. The van der Waals surface area contributed by atoms with Crippen molar-refractivity contribution < 1.29 is 13.9 Å². The first kappa shape index (κ1) is 14.7. The van der Waals surface area contributed by atoms with Crippen LogP contribution in [0.4, 0.5) is 8.78 Å². The first-order chi connectivity index (χ1) is 8.93. The standard InChI is InChI=1S/C15H23F2NO/c1-11(12-7-4-3-5-8-12)18(2)13-9-6-10-15(16,17)14(13)19/h3-5,7,11-14,19H,6,8-10H2,1-2H3. The molecule has 2 aliphatic rings. The quantitative estimate of drug-likeness (QED) is 0.853. The summed E-state index contributed by atoms with van der Waals surface area (Å²) in [4.78, 5) is 1.94. The van der Waals surface area contributed by atoms with Gasteiger partial charge in [-0.3, -0.25) is 4.90 Å². The number of hydrogen-bond acceptors (Lipinski definition) is 2. The van der Waals surface area contributed by atoms with Crippen molar-refractivity contribution in [2.24, 2.45) is 5.92 Å². The number of hydrogen-bond donors (Lipinski definition) is 1. The zero-order chi connectivity index (χ0) is 14.0. The third-order valence-electron chi connectivity index (χ3n) is 4.61. The Labute approximate surface area is 113 Å². The third kappa shape index (κ3) is 3.06. The molecule has 0 amide bonds. The molecule has 0 heterocycles. The molecule has 4 heteroatoms. The first-order valence-corrected chi connectivity index (χ1v) is 7.04. The van der Waals surface area contributed by atoms with E-state index in [1.807, 2.05) is 31.0 Å². The minimum atomic E-state index is -2.95. The number of rotatable bonds is 3. The van der Waals surface area contributed by atoms with E-state index in [1.54, 1.807) is 0 Å². The van der Waals surface area contributed by atoms with Crippen LogP contribution in [-0.2, 0) is 0 Å². The fraction of sp³-hybridized carbons (Fsp3) is 0.733. The molecule has 0 radical (unpaired) electrons. The Balaban J connectivity index is 2.03. The number of alkyl halides is 2. The molecule has 4 unspecified atom stereocenters. The topological polar surface area (TPSA) is 23.5 Å². The maximum Gasteiger partial charge on any atom is 0.275 e. The van der Waals surface area contributed by atoms with E-state index >= 15 is 0 Å². The van der Waals surface area contributed by atoms with E-state index in [0.717, 1.165) is 6.42 Å². The van der Waals surface area contributed by atoms with E-state index in [2.05, 4.69) is 12.2 Å². The molecule has 108 valence electrons. The summed E-state index contributed by atoms with van der Waals surface area (Å²) in [5.74, 6) is -2.61. The molecule has 0 spiro atoms. The summed E-state index contributed by atoms with van der Waals surface area (Å²) in [6.07, 6.45) is 8.54. The van der Waals surface area contributed by atoms with Crippen molar-refractivity contribution in [2.75, 3.05) is 7.05 Å². The summed E-state index contributed by atoms with van der Waals surface area (Å²) >= 11 is 0. The van der Waals surface area contributed by atoms with E-state index in [-0.39, 0.29) is 12.5 Å². The highest BCUT2D eigenvalue weighted by molar-refractivity contribution is 5.13. The fourth-order valence-electron chi connectivity index (χ4n) is 3.12. The normalized spacial score (nSPS) is 35.6. The number of aliphatic hydroxyl groups excluding tert-OH is 1. The van der Waals surface area contributed by atoms with Crippen molar-refractivity contribution in [3.05, 3.63) is 24.3 Å². The first-order valence-electron chi connectivity index (χ1n) is 7.04. The van der Waals surface area contributed by atoms with E-state index in [9.17, 15) is 13.9 Å². The van der Waals surface area contributed by atoms with Gasteiger partial charge < -0.3 is 5.11 Å². The van der Waals surface area contributed by atoms with Gasteiger partial charge in [-0.1, -0.05) is 24.3 Å². The van der Waals surface area contributed by atoms with Crippen LogP contribution in [0.2, 0.25) is 0 Å². The zero-order valence-electron chi connectivity index (χ0n) is 11.6. The highest BCUT2D eigenvalue weighted by Gasteiger charge is 2.48. The smallest absolute Gasteiger partial charge is 0.275 e. The lowest BCUT2D eigenvalue weighted by molar-refractivity contribution is -0.164. The zero-order valence-corrected chi connectivity index (χ0v) is 11.6. The van der Waals surface area contributed by atoms with Crippen LogP contribution in [-0.4, -0.2) is 41.2 Å². The van der Waals surface area contributed by atoms with Crippen molar-refractivity contribution >= 4 is 0 Å². The molecule has 19 heavy (non-hydrogen) atoms. The summed E-state index contributed by atoms with van der Waals surface area (Å²) in [7, 11) is 1.85.